The number of ether oxygens (including phenoxy) is 4. The second-order valence-corrected chi connectivity index (χ2v) is 6.78. The van der Waals surface area contributed by atoms with Crippen molar-refractivity contribution in [2.45, 2.75) is 0 Å². The molecule has 0 spiro atoms. The number of hydrogen-bond acceptors (Lipinski definition) is 6. The van der Waals surface area contributed by atoms with Crippen molar-refractivity contribution in [3.8, 4) is 34.1 Å². The van der Waals surface area contributed by atoms with Gasteiger partial charge in [-0.2, -0.15) is 9.78 Å². The van der Waals surface area contributed by atoms with Gasteiger partial charge in [0.05, 0.1) is 40.2 Å². The predicted molar refractivity (Wildman–Crippen MR) is 118 cm³/mol. The zero-order valence-electron chi connectivity index (χ0n) is 17.7. The van der Waals surface area contributed by atoms with Crippen LogP contribution in [0.25, 0.3) is 22.0 Å². The van der Waals surface area contributed by atoms with Gasteiger partial charge in [0, 0.05) is 10.9 Å². The minimum Gasteiger partial charge on any atom is -0.497 e. The highest BCUT2D eigenvalue weighted by Crippen LogP contribution is 2.38. The van der Waals surface area contributed by atoms with Gasteiger partial charge in [-0.25, -0.2) is 0 Å². The van der Waals surface area contributed by atoms with E-state index in [1.165, 1.54) is 26.0 Å². The number of fused-ring (bicyclic) bond motifs is 1. The summed E-state index contributed by atoms with van der Waals surface area (Å²) < 4.78 is 22.6. The van der Waals surface area contributed by atoms with Crippen LogP contribution >= 0.6 is 0 Å². The topological polar surface area (TPSA) is 71.8 Å². The van der Waals surface area contributed by atoms with Crippen LogP contribution < -0.4 is 18.9 Å². The smallest absolute Gasteiger partial charge is 0.279 e. The molecular weight excluding hydrogens is 396 g/mol. The maximum atomic E-state index is 13.2. The van der Waals surface area contributed by atoms with Crippen LogP contribution in [0.15, 0.2) is 60.8 Å². The zero-order chi connectivity index (χ0) is 22.0. The molecule has 0 unspecified atom stereocenters. The van der Waals surface area contributed by atoms with Crippen LogP contribution in [0.1, 0.15) is 10.4 Å². The Labute approximate surface area is 179 Å². The van der Waals surface area contributed by atoms with Crippen LogP contribution in [0.4, 0.5) is 0 Å². The highest BCUT2D eigenvalue weighted by atomic mass is 16.5. The molecule has 0 N–H and O–H groups in total. The molecule has 0 radical (unpaired) electrons. The quantitative estimate of drug-likeness (QED) is 0.461. The van der Waals surface area contributed by atoms with Crippen molar-refractivity contribution in [1.82, 2.24) is 9.78 Å². The molecule has 4 aromatic rings. The minimum atomic E-state index is -0.300. The van der Waals surface area contributed by atoms with E-state index in [9.17, 15) is 4.79 Å². The summed E-state index contributed by atoms with van der Waals surface area (Å²) >= 11 is 0. The molecule has 1 aromatic heterocycles. The minimum absolute atomic E-state index is 0.300. The van der Waals surface area contributed by atoms with Gasteiger partial charge in [0.2, 0.25) is 5.75 Å². The van der Waals surface area contributed by atoms with Crippen LogP contribution in [-0.4, -0.2) is 44.1 Å². The highest BCUT2D eigenvalue weighted by molar-refractivity contribution is 6.02. The third kappa shape index (κ3) is 3.66. The lowest BCUT2D eigenvalue weighted by atomic mass is 10.0. The van der Waals surface area contributed by atoms with E-state index >= 15 is 0 Å². The first-order valence-corrected chi connectivity index (χ1v) is 9.56. The second-order valence-electron chi connectivity index (χ2n) is 6.78. The number of methoxy groups -OCH3 is 4. The Kier molecular flexibility index (Phi) is 5.49. The molecule has 0 fully saturated rings. The van der Waals surface area contributed by atoms with Crippen molar-refractivity contribution in [3.05, 3.63) is 66.4 Å². The van der Waals surface area contributed by atoms with Crippen molar-refractivity contribution in [2.75, 3.05) is 28.4 Å². The fourth-order valence-corrected chi connectivity index (χ4v) is 3.48. The molecule has 0 amide bonds. The van der Waals surface area contributed by atoms with Gasteiger partial charge in [0.15, 0.2) is 11.5 Å². The molecule has 0 bridgehead atoms. The molecule has 158 valence electrons. The molecule has 7 heteroatoms. The number of rotatable bonds is 6. The maximum Gasteiger partial charge on any atom is 0.279 e. The van der Waals surface area contributed by atoms with E-state index in [0.29, 0.717) is 28.3 Å². The van der Waals surface area contributed by atoms with E-state index in [1.807, 2.05) is 42.5 Å². The summed E-state index contributed by atoms with van der Waals surface area (Å²) in [6.07, 6.45) is 1.68. The Morgan fingerprint density at radius 3 is 2.00 bits per heavy atom. The monoisotopic (exact) mass is 418 g/mol. The van der Waals surface area contributed by atoms with Crippen LogP contribution in [0.2, 0.25) is 0 Å². The normalized spacial score (nSPS) is 10.7. The van der Waals surface area contributed by atoms with Crippen molar-refractivity contribution in [1.29, 1.82) is 0 Å². The maximum absolute atomic E-state index is 13.2. The molecular formula is C24H22N2O5. The van der Waals surface area contributed by atoms with Gasteiger partial charge in [-0.1, -0.05) is 18.2 Å². The van der Waals surface area contributed by atoms with Crippen LogP contribution in [0.5, 0.6) is 23.0 Å². The fraction of sp³-hybridized carbons (Fsp3) is 0.167. The first-order chi connectivity index (χ1) is 15.1. The number of hydrogen-bond donors (Lipinski definition) is 0. The molecule has 1 heterocycles. The SMILES string of the molecule is COc1ccc(-c2ccc3c(cnn3C(=O)c3cc(OC)c(OC)c(OC)c3)c2)cc1. The molecule has 0 aliphatic carbocycles. The van der Waals surface area contributed by atoms with E-state index in [4.69, 9.17) is 18.9 Å². The Hall–Kier alpha value is -4.00. The number of nitrogens with zero attached hydrogens (tertiary/aromatic N) is 2. The van der Waals surface area contributed by atoms with Crippen molar-refractivity contribution >= 4 is 16.8 Å². The van der Waals surface area contributed by atoms with E-state index in [-0.39, 0.29) is 5.91 Å². The lowest BCUT2D eigenvalue weighted by molar-refractivity contribution is 0.0949. The van der Waals surface area contributed by atoms with Gasteiger partial charge < -0.3 is 18.9 Å². The average molecular weight is 418 g/mol. The van der Waals surface area contributed by atoms with Crippen molar-refractivity contribution in [2.24, 2.45) is 0 Å². The summed E-state index contributed by atoms with van der Waals surface area (Å²) in [5, 5.41) is 5.18. The lowest BCUT2D eigenvalue weighted by Crippen LogP contribution is -2.14. The highest BCUT2D eigenvalue weighted by Gasteiger charge is 2.20. The molecule has 0 saturated carbocycles. The molecule has 7 nitrogen and oxygen atoms in total. The zero-order valence-corrected chi connectivity index (χ0v) is 17.7. The fourth-order valence-electron chi connectivity index (χ4n) is 3.48. The average Bonchev–Trinajstić information content (AvgIpc) is 3.25. The number of carbonyl (C=O) groups is 1. The third-order valence-corrected chi connectivity index (χ3v) is 5.10. The van der Waals surface area contributed by atoms with Crippen molar-refractivity contribution in [3.63, 3.8) is 0 Å². The molecule has 31 heavy (non-hydrogen) atoms. The Morgan fingerprint density at radius 1 is 0.774 bits per heavy atom. The van der Waals surface area contributed by atoms with Crippen LogP contribution in [-0.2, 0) is 0 Å². The van der Waals surface area contributed by atoms with Gasteiger partial charge >= 0.3 is 0 Å². The number of carbonyl (C=O) groups excluding carboxylic acids is 1. The summed E-state index contributed by atoms with van der Waals surface area (Å²) in [6.45, 7) is 0. The number of benzene rings is 3. The molecule has 4 rings (SSSR count). The van der Waals surface area contributed by atoms with Crippen LogP contribution in [0.3, 0.4) is 0 Å². The van der Waals surface area contributed by atoms with E-state index in [0.717, 1.165) is 22.3 Å². The predicted octanol–water partition coefficient (Wildman–Crippen LogP) is 4.43. The summed E-state index contributed by atoms with van der Waals surface area (Å²) in [4.78, 5) is 13.2. The Balaban J connectivity index is 1.72. The van der Waals surface area contributed by atoms with Gasteiger partial charge in [0.1, 0.15) is 5.75 Å². The lowest BCUT2D eigenvalue weighted by Gasteiger charge is -2.13. The van der Waals surface area contributed by atoms with Gasteiger partial charge in [-0.3, -0.25) is 4.79 Å². The number of aromatic nitrogens is 2. The largest absolute Gasteiger partial charge is 0.497 e. The molecule has 0 aliphatic rings. The molecule has 0 atom stereocenters. The Bertz CT molecular complexity index is 1220. The first-order valence-electron chi connectivity index (χ1n) is 9.56. The van der Waals surface area contributed by atoms with E-state index in [2.05, 4.69) is 5.10 Å². The third-order valence-electron chi connectivity index (χ3n) is 5.10. The second kappa shape index (κ2) is 8.39. The van der Waals surface area contributed by atoms with E-state index < -0.39 is 0 Å². The Morgan fingerprint density at radius 2 is 1.42 bits per heavy atom. The molecule has 0 aliphatic heterocycles. The summed E-state index contributed by atoms with van der Waals surface area (Å²) in [7, 11) is 6.18. The van der Waals surface area contributed by atoms with Crippen molar-refractivity contribution < 1.29 is 23.7 Å². The summed E-state index contributed by atoms with van der Waals surface area (Å²) in [5.41, 5.74) is 3.15. The van der Waals surface area contributed by atoms with E-state index in [1.54, 1.807) is 25.4 Å². The first kappa shape index (κ1) is 20.3. The van der Waals surface area contributed by atoms with Crippen LogP contribution in [0, 0.1) is 0 Å². The molecule has 0 saturated heterocycles. The van der Waals surface area contributed by atoms with Gasteiger partial charge in [0.25, 0.3) is 5.91 Å². The summed E-state index contributed by atoms with van der Waals surface area (Å²) in [5.74, 6) is 1.74. The van der Waals surface area contributed by atoms with Gasteiger partial charge in [-0.05, 0) is 47.5 Å². The molecule has 3 aromatic carbocycles. The summed E-state index contributed by atoms with van der Waals surface area (Å²) in [6, 6.07) is 16.9. The van der Waals surface area contributed by atoms with Gasteiger partial charge in [-0.15, -0.1) is 0 Å². The standard InChI is InChI=1S/C24H22N2O5/c1-28-19-8-5-15(6-9-19)16-7-10-20-18(11-16)14-25-26(20)24(27)17-12-21(29-2)23(31-4)22(13-17)30-3/h5-14H,1-4H3.